The molecule has 1 heterocycles. The summed E-state index contributed by atoms with van der Waals surface area (Å²) in [7, 11) is 1.64. The standard InChI is InChI=1S/C12H16O4S/c1-13-11-4-2-3-5-12(11)16-9-17-7-10-6-14-8-15-10/h2-5,10H,6-9H2,1H3. The first kappa shape index (κ1) is 12.5. The fourth-order valence-electron chi connectivity index (χ4n) is 1.49. The van der Waals surface area contributed by atoms with Gasteiger partial charge in [0.05, 0.1) is 19.8 Å². The van der Waals surface area contributed by atoms with E-state index in [-0.39, 0.29) is 6.10 Å². The summed E-state index contributed by atoms with van der Waals surface area (Å²) in [6, 6.07) is 7.63. The summed E-state index contributed by atoms with van der Waals surface area (Å²) >= 11 is 1.68. The lowest BCUT2D eigenvalue weighted by atomic mass is 10.3. The minimum Gasteiger partial charge on any atom is -0.493 e. The van der Waals surface area contributed by atoms with Gasteiger partial charge in [0.15, 0.2) is 11.5 Å². The first-order valence-corrected chi connectivity index (χ1v) is 6.58. The van der Waals surface area contributed by atoms with Gasteiger partial charge in [-0.15, -0.1) is 11.8 Å². The molecule has 1 aromatic carbocycles. The minimum atomic E-state index is 0.196. The highest BCUT2D eigenvalue weighted by atomic mass is 32.2. The van der Waals surface area contributed by atoms with Crippen LogP contribution in [0.3, 0.4) is 0 Å². The van der Waals surface area contributed by atoms with E-state index in [9.17, 15) is 0 Å². The molecule has 0 saturated carbocycles. The smallest absolute Gasteiger partial charge is 0.162 e. The molecule has 94 valence electrons. The maximum atomic E-state index is 5.63. The van der Waals surface area contributed by atoms with Crippen LogP contribution in [0.15, 0.2) is 24.3 Å². The number of ether oxygens (including phenoxy) is 4. The molecule has 1 unspecified atom stereocenters. The maximum absolute atomic E-state index is 5.63. The summed E-state index contributed by atoms with van der Waals surface area (Å²) in [4.78, 5) is 0. The zero-order chi connectivity index (χ0) is 11.9. The van der Waals surface area contributed by atoms with Crippen LogP contribution in [-0.2, 0) is 9.47 Å². The number of thioether (sulfide) groups is 1. The molecule has 0 spiro atoms. The Morgan fingerprint density at radius 2 is 2.18 bits per heavy atom. The van der Waals surface area contributed by atoms with E-state index in [1.807, 2.05) is 24.3 Å². The van der Waals surface area contributed by atoms with Crippen LogP contribution in [0, 0.1) is 0 Å². The van der Waals surface area contributed by atoms with Crippen LogP contribution < -0.4 is 9.47 Å². The summed E-state index contributed by atoms with van der Waals surface area (Å²) < 4.78 is 21.3. The van der Waals surface area contributed by atoms with Crippen LogP contribution in [0.4, 0.5) is 0 Å². The number of hydrogen-bond acceptors (Lipinski definition) is 5. The second kappa shape index (κ2) is 6.74. The largest absolute Gasteiger partial charge is 0.493 e. The van der Waals surface area contributed by atoms with E-state index in [1.165, 1.54) is 0 Å². The third-order valence-corrected chi connectivity index (χ3v) is 3.25. The predicted octanol–water partition coefficient (Wildman–Crippen LogP) is 2.14. The molecule has 5 heteroatoms. The van der Waals surface area contributed by atoms with Gasteiger partial charge in [-0.1, -0.05) is 12.1 Å². The van der Waals surface area contributed by atoms with Crippen molar-refractivity contribution in [3.63, 3.8) is 0 Å². The molecule has 1 saturated heterocycles. The van der Waals surface area contributed by atoms with Crippen molar-refractivity contribution in [2.75, 3.05) is 32.2 Å². The Bertz CT molecular complexity index is 339. The van der Waals surface area contributed by atoms with E-state index in [0.29, 0.717) is 19.3 Å². The summed E-state index contributed by atoms with van der Waals surface area (Å²) in [6.45, 7) is 1.10. The maximum Gasteiger partial charge on any atom is 0.162 e. The molecule has 4 nitrogen and oxygen atoms in total. The average molecular weight is 256 g/mol. The van der Waals surface area contributed by atoms with E-state index in [4.69, 9.17) is 18.9 Å². The van der Waals surface area contributed by atoms with Gasteiger partial charge >= 0.3 is 0 Å². The highest BCUT2D eigenvalue weighted by molar-refractivity contribution is 7.99. The van der Waals surface area contributed by atoms with Gasteiger partial charge < -0.3 is 18.9 Å². The van der Waals surface area contributed by atoms with Crippen molar-refractivity contribution in [3.05, 3.63) is 24.3 Å². The van der Waals surface area contributed by atoms with Crippen LogP contribution in [0.25, 0.3) is 0 Å². The molecular weight excluding hydrogens is 240 g/mol. The first-order chi connectivity index (χ1) is 8.40. The van der Waals surface area contributed by atoms with Gasteiger partial charge in [-0.05, 0) is 12.1 Å². The molecular formula is C12H16O4S. The van der Waals surface area contributed by atoms with Crippen molar-refractivity contribution in [2.24, 2.45) is 0 Å². The normalized spacial score (nSPS) is 19.2. The molecule has 0 N–H and O–H groups in total. The molecule has 1 atom stereocenters. The van der Waals surface area contributed by atoms with Crippen molar-refractivity contribution in [1.29, 1.82) is 0 Å². The minimum absolute atomic E-state index is 0.196. The number of benzene rings is 1. The topological polar surface area (TPSA) is 36.9 Å². The number of para-hydroxylation sites is 2. The van der Waals surface area contributed by atoms with E-state index >= 15 is 0 Å². The Balaban J connectivity index is 1.70. The second-order valence-corrected chi connectivity index (χ2v) is 4.54. The van der Waals surface area contributed by atoms with Crippen LogP contribution in [0.2, 0.25) is 0 Å². The van der Waals surface area contributed by atoms with E-state index < -0.39 is 0 Å². The SMILES string of the molecule is COc1ccccc1OCSCC1COCO1. The van der Waals surface area contributed by atoms with Crippen molar-refractivity contribution < 1.29 is 18.9 Å². The van der Waals surface area contributed by atoms with Gasteiger partial charge in [0.25, 0.3) is 0 Å². The molecule has 0 radical (unpaired) electrons. The molecule has 1 aromatic rings. The molecule has 1 fully saturated rings. The quantitative estimate of drug-likeness (QED) is 0.576. The zero-order valence-corrected chi connectivity index (χ0v) is 10.6. The van der Waals surface area contributed by atoms with Gasteiger partial charge in [0.1, 0.15) is 12.7 Å². The Hall–Kier alpha value is -0.910. The van der Waals surface area contributed by atoms with Gasteiger partial charge in [-0.2, -0.15) is 0 Å². The number of rotatable bonds is 6. The number of hydrogen-bond donors (Lipinski definition) is 0. The van der Waals surface area contributed by atoms with Crippen LogP contribution in [0.5, 0.6) is 11.5 Å². The Labute approximate surface area is 105 Å². The molecule has 1 aliphatic rings. The lowest BCUT2D eigenvalue weighted by Crippen LogP contribution is -2.13. The Morgan fingerprint density at radius 1 is 1.35 bits per heavy atom. The fourth-order valence-corrected chi connectivity index (χ4v) is 2.25. The average Bonchev–Trinajstić information content (AvgIpc) is 2.88. The predicted molar refractivity (Wildman–Crippen MR) is 66.6 cm³/mol. The second-order valence-electron chi connectivity index (χ2n) is 3.56. The van der Waals surface area contributed by atoms with Gasteiger partial charge in [-0.25, -0.2) is 0 Å². The Morgan fingerprint density at radius 3 is 2.88 bits per heavy atom. The van der Waals surface area contributed by atoms with Gasteiger partial charge in [0.2, 0.25) is 0 Å². The molecule has 2 rings (SSSR count). The monoisotopic (exact) mass is 256 g/mol. The van der Waals surface area contributed by atoms with Gasteiger partial charge in [0, 0.05) is 5.75 Å². The summed E-state index contributed by atoms with van der Waals surface area (Å²) in [5.74, 6) is 3.00. The Kier molecular flexibility index (Phi) is 4.97. The van der Waals surface area contributed by atoms with Crippen LogP contribution in [-0.4, -0.2) is 38.3 Å². The third kappa shape index (κ3) is 3.80. The zero-order valence-electron chi connectivity index (χ0n) is 9.76. The lowest BCUT2D eigenvalue weighted by Gasteiger charge is -2.11. The highest BCUT2D eigenvalue weighted by Gasteiger charge is 2.15. The first-order valence-electron chi connectivity index (χ1n) is 5.43. The molecule has 1 aliphatic heterocycles. The molecule has 17 heavy (non-hydrogen) atoms. The molecule has 0 amide bonds. The summed E-state index contributed by atoms with van der Waals surface area (Å²) in [5, 5.41) is 0. The van der Waals surface area contributed by atoms with Crippen molar-refractivity contribution in [1.82, 2.24) is 0 Å². The molecule has 0 bridgehead atoms. The van der Waals surface area contributed by atoms with Crippen molar-refractivity contribution in [3.8, 4) is 11.5 Å². The lowest BCUT2D eigenvalue weighted by molar-refractivity contribution is 0.0524. The molecule has 0 aromatic heterocycles. The van der Waals surface area contributed by atoms with Crippen molar-refractivity contribution >= 4 is 11.8 Å². The highest BCUT2D eigenvalue weighted by Crippen LogP contribution is 2.26. The number of methoxy groups -OCH3 is 1. The van der Waals surface area contributed by atoms with Crippen LogP contribution >= 0.6 is 11.8 Å². The van der Waals surface area contributed by atoms with Gasteiger partial charge in [-0.3, -0.25) is 0 Å². The van der Waals surface area contributed by atoms with E-state index in [1.54, 1.807) is 18.9 Å². The van der Waals surface area contributed by atoms with Crippen molar-refractivity contribution in [2.45, 2.75) is 6.10 Å². The molecule has 0 aliphatic carbocycles. The summed E-state index contributed by atoms with van der Waals surface area (Å²) in [6.07, 6.45) is 0.196. The summed E-state index contributed by atoms with van der Waals surface area (Å²) in [5.41, 5.74) is 0. The fraction of sp³-hybridized carbons (Fsp3) is 0.500. The third-order valence-electron chi connectivity index (χ3n) is 2.36. The van der Waals surface area contributed by atoms with E-state index in [2.05, 4.69) is 0 Å². The van der Waals surface area contributed by atoms with Crippen LogP contribution in [0.1, 0.15) is 0 Å². The van der Waals surface area contributed by atoms with E-state index in [0.717, 1.165) is 17.3 Å².